The van der Waals surface area contributed by atoms with Crippen molar-refractivity contribution >= 4 is 23.2 Å². The number of para-hydroxylation sites is 1. The van der Waals surface area contributed by atoms with E-state index < -0.39 is 11.9 Å². The van der Waals surface area contributed by atoms with Crippen molar-refractivity contribution in [1.82, 2.24) is 19.7 Å². The number of benzene rings is 1. The van der Waals surface area contributed by atoms with Gasteiger partial charge in [0.2, 0.25) is 0 Å². The van der Waals surface area contributed by atoms with E-state index in [2.05, 4.69) is 10.1 Å². The standard InChI is InChI=1S/C20H20N4O3S/c1-13-7-14(20(26)27)10-23(9-13)19(25)17-12-28-18(22-17)15-8-21-24(11-15)16-5-3-2-4-6-16/h2-6,8,11-14H,7,9-10H2,1H3,(H,26,27). The molecule has 0 spiro atoms. The lowest BCUT2D eigenvalue weighted by molar-refractivity contribution is -0.143. The van der Waals surface area contributed by atoms with Gasteiger partial charge in [0.15, 0.2) is 0 Å². The number of carboxylic acids is 1. The number of hydrogen-bond donors (Lipinski definition) is 1. The van der Waals surface area contributed by atoms with E-state index in [1.165, 1.54) is 11.3 Å². The fraction of sp³-hybridized carbons (Fsp3) is 0.300. The van der Waals surface area contributed by atoms with Crippen molar-refractivity contribution in [1.29, 1.82) is 0 Å². The number of nitrogens with zero attached hydrogens (tertiary/aromatic N) is 4. The highest BCUT2D eigenvalue weighted by Crippen LogP contribution is 2.27. The quantitative estimate of drug-likeness (QED) is 0.732. The summed E-state index contributed by atoms with van der Waals surface area (Å²) >= 11 is 1.38. The smallest absolute Gasteiger partial charge is 0.308 e. The van der Waals surface area contributed by atoms with Crippen LogP contribution in [0.2, 0.25) is 0 Å². The second-order valence-corrected chi connectivity index (χ2v) is 7.99. The summed E-state index contributed by atoms with van der Waals surface area (Å²) in [6.07, 6.45) is 4.20. The molecule has 1 aliphatic rings. The molecule has 2 unspecified atom stereocenters. The van der Waals surface area contributed by atoms with Crippen LogP contribution in [-0.4, -0.2) is 49.7 Å². The molecule has 1 saturated heterocycles. The number of hydrogen-bond acceptors (Lipinski definition) is 5. The van der Waals surface area contributed by atoms with Crippen LogP contribution in [0, 0.1) is 11.8 Å². The van der Waals surface area contributed by atoms with Crippen LogP contribution in [0.5, 0.6) is 0 Å². The topological polar surface area (TPSA) is 88.3 Å². The van der Waals surface area contributed by atoms with E-state index in [9.17, 15) is 14.7 Å². The summed E-state index contributed by atoms with van der Waals surface area (Å²) in [7, 11) is 0. The number of carbonyl (C=O) groups excluding carboxylic acids is 1. The third-order valence-electron chi connectivity index (χ3n) is 4.87. The van der Waals surface area contributed by atoms with Crippen LogP contribution >= 0.6 is 11.3 Å². The van der Waals surface area contributed by atoms with Gasteiger partial charge in [0.25, 0.3) is 5.91 Å². The number of amides is 1. The van der Waals surface area contributed by atoms with Gasteiger partial charge < -0.3 is 10.0 Å². The molecule has 1 aromatic carbocycles. The van der Waals surface area contributed by atoms with Crippen LogP contribution in [0.3, 0.4) is 0 Å². The molecular formula is C20H20N4O3S. The van der Waals surface area contributed by atoms with E-state index in [0.717, 1.165) is 11.3 Å². The zero-order valence-electron chi connectivity index (χ0n) is 15.4. The molecule has 0 radical (unpaired) electrons. The molecule has 7 nitrogen and oxygen atoms in total. The SMILES string of the molecule is CC1CC(C(=O)O)CN(C(=O)c2csc(-c3cnn(-c4ccccc4)c3)n2)C1. The van der Waals surface area contributed by atoms with Gasteiger partial charge in [-0.25, -0.2) is 9.67 Å². The molecule has 144 valence electrons. The molecule has 2 aromatic heterocycles. The highest BCUT2D eigenvalue weighted by molar-refractivity contribution is 7.13. The van der Waals surface area contributed by atoms with Crippen molar-refractivity contribution in [3.05, 3.63) is 53.8 Å². The Bertz CT molecular complexity index is 998. The van der Waals surface area contributed by atoms with Gasteiger partial charge in [-0.2, -0.15) is 5.10 Å². The lowest BCUT2D eigenvalue weighted by Gasteiger charge is -2.34. The van der Waals surface area contributed by atoms with Gasteiger partial charge in [-0.05, 0) is 24.5 Å². The Morgan fingerprint density at radius 3 is 2.75 bits per heavy atom. The predicted octanol–water partition coefficient (Wildman–Crippen LogP) is 3.18. The van der Waals surface area contributed by atoms with Gasteiger partial charge in [0, 0.05) is 30.2 Å². The zero-order chi connectivity index (χ0) is 19.7. The Kier molecular flexibility index (Phi) is 4.95. The molecule has 4 rings (SSSR count). The molecule has 0 aliphatic carbocycles. The summed E-state index contributed by atoms with van der Waals surface area (Å²) in [6, 6.07) is 9.76. The lowest BCUT2D eigenvalue weighted by Crippen LogP contribution is -2.45. The number of piperidine rings is 1. The van der Waals surface area contributed by atoms with Crippen LogP contribution < -0.4 is 0 Å². The van der Waals surface area contributed by atoms with Gasteiger partial charge in [-0.3, -0.25) is 9.59 Å². The third kappa shape index (κ3) is 3.68. The van der Waals surface area contributed by atoms with Crippen molar-refractivity contribution in [3.63, 3.8) is 0 Å². The third-order valence-corrected chi connectivity index (χ3v) is 5.76. The second-order valence-electron chi connectivity index (χ2n) is 7.13. The number of carboxylic acid groups (broad SMARTS) is 1. The normalized spacial score (nSPS) is 19.5. The van der Waals surface area contributed by atoms with Crippen LogP contribution in [0.1, 0.15) is 23.8 Å². The number of rotatable bonds is 4. The molecule has 3 heterocycles. The van der Waals surface area contributed by atoms with E-state index in [1.54, 1.807) is 21.2 Å². The van der Waals surface area contributed by atoms with Crippen molar-refractivity contribution in [2.24, 2.45) is 11.8 Å². The van der Waals surface area contributed by atoms with E-state index in [0.29, 0.717) is 23.7 Å². The number of likely N-dealkylation sites (tertiary alicyclic amines) is 1. The molecule has 1 fully saturated rings. The van der Waals surface area contributed by atoms with Crippen molar-refractivity contribution < 1.29 is 14.7 Å². The average Bonchev–Trinajstić information content (AvgIpc) is 3.37. The molecule has 3 aromatic rings. The highest BCUT2D eigenvalue weighted by atomic mass is 32.1. The average molecular weight is 396 g/mol. The first-order valence-electron chi connectivity index (χ1n) is 9.09. The first-order chi connectivity index (χ1) is 13.5. The summed E-state index contributed by atoms with van der Waals surface area (Å²) < 4.78 is 1.77. The molecule has 1 N–H and O–H groups in total. The monoisotopic (exact) mass is 396 g/mol. The highest BCUT2D eigenvalue weighted by Gasteiger charge is 2.33. The molecule has 8 heteroatoms. The Hall–Kier alpha value is -3.00. The second kappa shape index (κ2) is 7.55. The minimum atomic E-state index is -0.850. The van der Waals surface area contributed by atoms with E-state index >= 15 is 0 Å². The molecule has 28 heavy (non-hydrogen) atoms. The summed E-state index contributed by atoms with van der Waals surface area (Å²) in [5, 5.41) is 16.1. The van der Waals surface area contributed by atoms with Crippen LogP contribution in [0.15, 0.2) is 48.1 Å². The number of aromatic nitrogens is 3. The van der Waals surface area contributed by atoms with Gasteiger partial charge in [-0.1, -0.05) is 25.1 Å². The molecular weight excluding hydrogens is 376 g/mol. The van der Waals surface area contributed by atoms with Crippen molar-refractivity contribution in [2.75, 3.05) is 13.1 Å². The van der Waals surface area contributed by atoms with Crippen molar-refractivity contribution in [3.8, 4) is 16.3 Å². The fourth-order valence-corrected chi connectivity index (χ4v) is 4.29. The van der Waals surface area contributed by atoms with Crippen LogP contribution in [-0.2, 0) is 4.79 Å². The summed E-state index contributed by atoms with van der Waals surface area (Å²) in [5.41, 5.74) is 2.14. The lowest BCUT2D eigenvalue weighted by atomic mass is 9.90. The molecule has 1 aliphatic heterocycles. The van der Waals surface area contributed by atoms with Gasteiger partial charge in [0.05, 0.1) is 17.8 Å². The maximum Gasteiger partial charge on any atom is 0.308 e. The van der Waals surface area contributed by atoms with Gasteiger partial charge >= 0.3 is 5.97 Å². The summed E-state index contributed by atoms with van der Waals surface area (Å²) in [5.74, 6) is -1.43. The number of carbonyl (C=O) groups is 2. The maximum atomic E-state index is 12.8. The molecule has 1 amide bonds. The van der Waals surface area contributed by atoms with Crippen LogP contribution in [0.25, 0.3) is 16.3 Å². The van der Waals surface area contributed by atoms with E-state index in [1.807, 2.05) is 43.5 Å². The first kappa shape index (κ1) is 18.4. The molecule has 0 saturated carbocycles. The molecule has 2 atom stereocenters. The number of aliphatic carboxylic acids is 1. The minimum Gasteiger partial charge on any atom is -0.481 e. The molecule has 0 bridgehead atoms. The summed E-state index contributed by atoms with van der Waals surface area (Å²) in [6.45, 7) is 2.76. The maximum absolute atomic E-state index is 12.8. The van der Waals surface area contributed by atoms with Gasteiger partial charge in [0.1, 0.15) is 10.7 Å². The zero-order valence-corrected chi connectivity index (χ0v) is 16.2. The fourth-order valence-electron chi connectivity index (χ4n) is 3.52. The largest absolute Gasteiger partial charge is 0.481 e. The number of thiazole rings is 1. The van der Waals surface area contributed by atoms with Gasteiger partial charge in [-0.15, -0.1) is 11.3 Å². The van der Waals surface area contributed by atoms with E-state index in [-0.39, 0.29) is 18.4 Å². The van der Waals surface area contributed by atoms with Crippen molar-refractivity contribution in [2.45, 2.75) is 13.3 Å². The first-order valence-corrected chi connectivity index (χ1v) is 9.97. The van der Waals surface area contributed by atoms with Crippen LogP contribution in [0.4, 0.5) is 0 Å². The Labute approximate surface area is 166 Å². The predicted molar refractivity (Wildman–Crippen MR) is 105 cm³/mol. The Morgan fingerprint density at radius 1 is 1.21 bits per heavy atom. The Balaban J connectivity index is 1.52. The Morgan fingerprint density at radius 2 is 2.00 bits per heavy atom. The minimum absolute atomic E-state index is 0.154. The van der Waals surface area contributed by atoms with E-state index in [4.69, 9.17) is 0 Å². The summed E-state index contributed by atoms with van der Waals surface area (Å²) in [4.78, 5) is 30.3.